The number of ether oxygens (including phenoxy) is 5. The first-order valence-corrected chi connectivity index (χ1v) is 13.5. The highest BCUT2D eigenvalue weighted by molar-refractivity contribution is 5.88. The summed E-state index contributed by atoms with van der Waals surface area (Å²) in [7, 11) is 1.18. The van der Waals surface area contributed by atoms with Gasteiger partial charge < -0.3 is 79.2 Å². The number of benzene rings is 2. The molecule has 45 heavy (non-hydrogen) atoms. The fraction of sp³-hybridized carbons (Fsp3) is 0.464. The van der Waals surface area contributed by atoms with Crippen LogP contribution in [0.2, 0.25) is 0 Å². The number of aliphatic hydroxyl groups excluding tert-OH is 6. The van der Waals surface area contributed by atoms with Crippen molar-refractivity contribution < 1.29 is 79.2 Å². The van der Waals surface area contributed by atoms with Gasteiger partial charge in [0, 0.05) is 17.7 Å². The zero-order valence-corrected chi connectivity index (χ0v) is 23.6. The third-order valence-electron chi connectivity index (χ3n) is 7.59. The van der Waals surface area contributed by atoms with Gasteiger partial charge >= 0.3 is 0 Å². The Morgan fingerprint density at radius 1 is 0.778 bits per heavy atom. The van der Waals surface area contributed by atoms with Crippen molar-refractivity contribution in [3.63, 3.8) is 0 Å². The van der Waals surface area contributed by atoms with Gasteiger partial charge in [-0.1, -0.05) is 0 Å². The largest absolute Gasteiger partial charge is 0.508 e. The van der Waals surface area contributed by atoms with E-state index in [-0.39, 0.29) is 16.9 Å². The van der Waals surface area contributed by atoms with Gasteiger partial charge in [-0.3, -0.25) is 4.79 Å². The van der Waals surface area contributed by atoms with E-state index in [1.54, 1.807) is 0 Å². The Kier molecular flexibility index (Phi) is 9.00. The molecule has 0 amide bonds. The predicted octanol–water partition coefficient (Wildman–Crippen LogP) is -1.68. The first-order chi connectivity index (χ1) is 21.2. The molecular formula is C28H32O17. The van der Waals surface area contributed by atoms with Crippen molar-refractivity contribution in [2.45, 2.75) is 68.3 Å². The molecule has 0 spiro atoms. The quantitative estimate of drug-likeness (QED) is 0.129. The summed E-state index contributed by atoms with van der Waals surface area (Å²) in [5, 5.41) is 102. The molecule has 246 valence electrons. The summed E-state index contributed by atoms with van der Waals surface area (Å²) in [6, 6.07) is 4.01. The molecule has 10 atom stereocenters. The SMILES string of the molecule is COc1cc(-c2oc3cc(O)cc(O)c3c(=O)c2O[C@@H]2O[C@H](CO[C@@H]3O[C@@H](C)[C@H](O)[C@@H](O)[C@H]3O)[C@@H](O)[C@H](O)[C@H]2O)cc(O)c1O. The smallest absolute Gasteiger partial charge is 0.239 e. The van der Waals surface area contributed by atoms with Crippen molar-refractivity contribution >= 4 is 11.0 Å². The van der Waals surface area contributed by atoms with Crippen LogP contribution in [0.1, 0.15) is 6.92 Å². The molecule has 10 N–H and O–H groups in total. The fourth-order valence-electron chi connectivity index (χ4n) is 5.05. The Bertz CT molecular complexity index is 1610. The highest BCUT2D eigenvalue weighted by Crippen LogP contribution is 2.43. The van der Waals surface area contributed by atoms with Crippen LogP contribution in [-0.4, -0.2) is 126 Å². The highest BCUT2D eigenvalue weighted by atomic mass is 16.7. The van der Waals surface area contributed by atoms with Crippen molar-refractivity contribution in [1.82, 2.24) is 0 Å². The molecule has 2 saturated heterocycles. The summed E-state index contributed by atoms with van der Waals surface area (Å²) in [4.78, 5) is 13.7. The fourth-order valence-corrected chi connectivity index (χ4v) is 5.05. The minimum atomic E-state index is -2.00. The van der Waals surface area contributed by atoms with Crippen LogP contribution in [0.15, 0.2) is 33.5 Å². The van der Waals surface area contributed by atoms with E-state index in [4.69, 9.17) is 28.1 Å². The highest BCUT2D eigenvalue weighted by Gasteiger charge is 2.48. The average Bonchev–Trinajstić information content (AvgIpc) is 2.99. The molecule has 17 heteroatoms. The second-order valence-electron chi connectivity index (χ2n) is 10.6. The van der Waals surface area contributed by atoms with E-state index in [9.17, 15) is 55.9 Å². The Morgan fingerprint density at radius 2 is 1.44 bits per heavy atom. The zero-order valence-electron chi connectivity index (χ0n) is 23.6. The van der Waals surface area contributed by atoms with Gasteiger partial charge in [0.2, 0.25) is 23.2 Å². The molecule has 3 heterocycles. The number of hydrogen-bond donors (Lipinski definition) is 10. The van der Waals surface area contributed by atoms with E-state index in [0.29, 0.717) is 0 Å². The predicted molar refractivity (Wildman–Crippen MR) is 147 cm³/mol. The minimum Gasteiger partial charge on any atom is -0.508 e. The third-order valence-corrected chi connectivity index (χ3v) is 7.59. The topological polar surface area (TPSA) is 279 Å². The molecule has 0 radical (unpaired) electrons. The number of phenols is 4. The minimum absolute atomic E-state index is 0.122. The lowest BCUT2D eigenvalue weighted by Crippen LogP contribution is -2.61. The molecule has 0 aliphatic carbocycles. The lowest BCUT2D eigenvalue weighted by Gasteiger charge is -2.42. The van der Waals surface area contributed by atoms with Crippen molar-refractivity contribution in [3.05, 3.63) is 34.5 Å². The van der Waals surface area contributed by atoms with Gasteiger partial charge in [-0.25, -0.2) is 0 Å². The lowest BCUT2D eigenvalue weighted by atomic mass is 9.98. The maximum atomic E-state index is 13.7. The van der Waals surface area contributed by atoms with Crippen molar-refractivity contribution in [1.29, 1.82) is 0 Å². The first kappa shape index (κ1) is 32.5. The molecule has 2 aliphatic heterocycles. The van der Waals surface area contributed by atoms with Gasteiger partial charge in [-0.15, -0.1) is 0 Å². The number of methoxy groups -OCH3 is 1. The number of fused-ring (bicyclic) bond motifs is 1. The summed E-state index contributed by atoms with van der Waals surface area (Å²) in [5.74, 6) is -3.96. The molecule has 0 bridgehead atoms. The van der Waals surface area contributed by atoms with Crippen LogP contribution in [0.25, 0.3) is 22.3 Å². The van der Waals surface area contributed by atoms with Gasteiger partial charge in [-0.05, 0) is 19.1 Å². The van der Waals surface area contributed by atoms with E-state index >= 15 is 0 Å². The van der Waals surface area contributed by atoms with E-state index in [1.807, 2.05) is 0 Å². The Hall–Kier alpha value is -3.91. The van der Waals surface area contributed by atoms with E-state index in [1.165, 1.54) is 14.0 Å². The van der Waals surface area contributed by atoms with Gasteiger partial charge in [0.1, 0.15) is 65.2 Å². The summed E-state index contributed by atoms with van der Waals surface area (Å²) < 4.78 is 33.0. The Labute approximate surface area is 252 Å². The summed E-state index contributed by atoms with van der Waals surface area (Å²) >= 11 is 0. The molecule has 2 aromatic carbocycles. The van der Waals surface area contributed by atoms with Crippen LogP contribution in [0, 0.1) is 0 Å². The normalized spacial score (nSPS) is 32.0. The molecule has 0 unspecified atom stereocenters. The van der Waals surface area contributed by atoms with Crippen LogP contribution >= 0.6 is 0 Å². The van der Waals surface area contributed by atoms with Gasteiger partial charge in [0.05, 0.1) is 19.8 Å². The van der Waals surface area contributed by atoms with E-state index in [2.05, 4.69) is 0 Å². The van der Waals surface area contributed by atoms with E-state index < -0.39 is 113 Å². The van der Waals surface area contributed by atoms with Gasteiger partial charge in [0.15, 0.2) is 23.5 Å². The molecule has 17 nitrogen and oxygen atoms in total. The first-order valence-electron chi connectivity index (χ1n) is 13.5. The molecule has 2 aliphatic rings. The molecular weight excluding hydrogens is 608 g/mol. The molecule has 0 saturated carbocycles. The van der Waals surface area contributed by atoms with E-state index in [0.717, 1.165) is 24.3 Å². The van der Waals surface area contributed by atoms with Crippen LogP contribution < -0.4 is 14.9 Å². The maximum absolute atomic E-state index is 13.7. The van der Waals surface area contributed by atoms with Crippen LogP contribution in [0.3, 0.4) is 0 Å². The summed E-state index contributed by atoms with van der Waals surface area (Å²) in [6.45, 7) is 0.797. The number of hydrogen-bond acceptors (Lipinski definition) is 17. The second kappa shape index (κ2) is 12.5. The van der Waals surface area contributed by atoms with Gasteiger partial charge in [-0.2, -0.15) is 0 Å². The monoisotopic (exact) mass is 640 g/mol. The standard InChI is InChI=1S/C28H32O17/c1-8-17(32)21(36)23(38)27(42-8)41-7-15-19(34)22(37)24(39)28(44-15)45-26-20(35)16-11(30)5-10(29)6-13(16)43-25(26)9-3-12(31)18(33)14(4-9)40-2/h3-6,8,15,17,19,21-24,27-34,36-39H,7H2,1-2H3/t8-,15+,17-,19+,21+,22-,23+,24+,27+,28-/m0/s1. The Morgan fingerprint density at radius 3 is 2.13 bits per heavy atom. The number of phenolic OH excluding ortho intramolecular Hbond substituents is 4. The number of rotatable bonds is 7. The number of aromatic hydroxyl groups is 4. The molecule has 2 fully saturated rings. The maximum Gasteiger partial charge on any atom is 0.239 e. The number of aliphatic hydroxyl groups is 6. The van der Waals surface area contributed by atoms with Crippen LogP contribution in [-0.2, 0) is 14.2 Å². The average molecular weight is 641 g/mol. The van der Waals surface area contributed by atoms with Crippen LogP contribution in [0.4, 0.5) is 0 Å². The molecule has 5 rings (SSSR count). The lowest BCUT2D eigenvalue weighted by molar-refractivity contribution is -0.318. The summed E-state index contributed by atoms with van der Waals surface area (Å²) in [6.07, 6.45) is -16.3. The van der Waals surface area contributed by atoms with Gasteiger partial charge in [0.25, 0.3) is 0 Å². The Balaban J connectivity index is 1.51. The molecule has 1 aromatic heterocycles. The summed E-state index contributed by atoms with van der Waals surface area (Å²) in [5.41, 5.74) is -1.51. The van der Waals surface area contributed by atoms with Crippen molar-refractivity contribution in [2.75, 3.05) is 13.7 Å². The zero-order chi connectivity index (χ0) is 32.9. The van der Waals surface area contributed by atoms with Crippen molar-refractivity contribution in [3.8, 4) is 45.8 Å². The van der Waals surface area contributed by atoms with Crippen LogP contribution in [0.5, 0.6) is 34.5 Å². The third kappa shape index (κ3) is 5.92. The van der Waals surface area contributed by atoms with Crippen molar-refractivity contribution in [2.24, 2.45) is 0 Å². The second-order valence-corrected chi connectivity index (χ2v) is 10.6. The molecule has 3 aromatic rings.